The highest BCUT2D eigenvalue weighted by atomic mass is 19.1. The lowest BCUT2D eigenvalue weighted by molar-refractivity contribution is 0.0559. The molecule has 180 valence electrons. The fourth-order valence-corrected chi connectivity index (χ4v) is 4.97. The van der Waals surface area contributed by atoms with Gasteiger partial charge < -0.3 is 10.6 Å². The van der Waals surface area contributed by atoms with Crippen LogP contribution in [0.1, 0.15) is 56.0 Å². The zero-order valence-corrected chi connectivity index (χ0v) is 19.9. The van der Waals surface area contributed by atoms with Gasteiger partial charge in [-0.15, -0.1) is 0 Å². The van der Waals surface area contributed by atoms with Crippen molar-refractivity contribution in [2.45, 2.75) is 57.8 Å². The van der Waals surface area contributed by atoms with Gasteiger partial charge in [0.25, 0.3) is 5.56 Å². The van der Waals surface area contributed by atoms with Crippen molar-refractivity contribution in [1.82, 2.24) is 29.6 Å². The molecular weight excluding hydrogens is 445 g/mol. The predicted octanol–water partition coefficient (Wildman–Crippen LogP) is 4.30. The van der Waals surface area contributed by atoms with Crippen LogP contribution in [0.15, 0.2) is 47.4 Å². The van der Waals surface area contributed by atoms with Crippen LogP contribution in [0.25, 0.3) is 16.9 Å². The summed E-state index contributed by atoms with van der Waals surface area (Å²) in [5.41, 5.74) is 2.72. The van der Waals surface area contributed by atoms with E-state index in [0.29, 0.717) is 41.3 Å². The van der Waals surface area contributed by atoms with E-state index in [9.17, 15) is 4.79 Å². The minimum Gasteiger partial charge on any atom is -0.324 e. The lowest BCUT2D eigenvalue weighted by atomic mass is 9.79. The van der Waals surface area contributed by atoms with Gasteiger partial charge in [0.1, 0.15) is 5.39 Å². The summed E-state index contributed by atoms with van der Waals surface area (Å²) in [5, 5.41) is 7.07. The van der Waals surface area contributed by atoms with Crippen molar-refractivity contribution >= 4 is 22.7 Å². The van der Waals surface area contributed by atoms with Gasteiger partial charge in [0.2, 0.25) is 5.95 Å². The minimum absolute atomic E-state index is 0.158. The summed E-state index contributed by atoms with van der Waals surface area (Å²) >= 11 is 0. The molecule has 0 radical (unpaired) electrons. The zero-order valence-electron chi connectivity index (χ0n) is 19.9. The molecule has 1 aromatic carbocycles. The second-order valence-corrected chi connectivity index (χ2v) is 9.72. The van der Waals surface area contributed by atoms with Crippen LogP contribution in [0.2, 0.25) is 0 Å². The maximum absolute atomic E-state index is 15.2. The van der Waals surface area contributed by atoms with Gasteiger partial charge in [0.05, 0.1) is 5.69 Å². The van der Waals surface area contributed by atoms with E-state index in [1.54, 1.807) is 33.8 Å². The monoisotopic (exact) mass is 473 g/mol. The number of halogens is 1. The molecule has 0 amide bonds. The molecular formula is C26H28FN7O. The Morgan fingerprint density at radius 1 is 1.14 bits per heavy atom. The van der Waals surface area contributed by atoms with Crippen molar-refractivity contribution in [3.63, 3.8) is 0 Å². The molecule has 8 nitrogen and oxygen atoms in total. The normalized spacial score (nSPS) is 16.8. The van der Waals surface area contributed by atoms with E-state index < -0.39 is 5.67 Å². The van der Waals surface area contributed by atoms with Crippen LogP contribution >= 0.6 is 0 Å². The molecule has 1 aliphatic heterocycles. The molecule has 2 aliphatic rings. The number of rotatable bonds is 5. The van der Waals surface area contributed by atoms with Gasteiger partial charge in [-0.25, -0.2) is 23.7 Å². The standard InChI is InChI=1S/C26H28FN7O/c1-16(2)33-24(35)20-15-29-25(30-19-8-7-17-9-12-28-14-18(17)13-19)32-23(20)34(33)22-6-3-5-21(31-22)26(27)10-4-11-26/h3,5-8,13,15-16,28H,4,9-12,14H2,1-2H3,(H,29,30,32). The predicted molar refractivity (Wildman–Crippen MR) is 133 cm³/mol. The molecule has 3 aromatic heterocycles. The van der Waals surface area contributed by atoms with Crippen LogP contribution in [0.5, 0.6) is 0 Å². The van der Waals surface area contributed by atoms with Crippen molar-refractivity contribution in [3.05, 3.63) is 69.8 Å². The van der Waals surface area contributed by atoms with E-state index in [-0.39, 0.29) is 11.6 Å². The number of pyridine rings is 1. The third kappa shape index (κ3) is 3.70. The molecule has 1 fully saturated rings. The molecule has 4 heterocycles. The van der Waals surface area contributed by atoms with Crippen LogP contribution < -0.4 is 16.2 Å². The SMILES string of the molecule is CC(C)n1c(=O)c2cnc(Nc3ccc4c(c3)CNCC4)nc2n1-c1cccc(C2(F)CCC2)n1. The maximum Gasteiger partial charge on any atom is 0.278 e. The summed E-state index contributed by atoms with van der Waals surface area (Å²) in [6.45, 7) is 5.68. The molecule has 35 heavy (non-hydrogen) atoms. The van der Waals surface area contributed by atoms with Gasteiger partial charge in [0, 0.05) is 24.5 Å². The summed E-state index contributed by atoms with van der Waals surface area (Å²) in [6.07, 6.45) is 4.36. The highest BCUT2D eigenvalue weighted by molar-refractivity contribution is 5.77. The molecule has 1 aliphatic carbocycles. The van der Waals surface area contributed by atoms with E-state index >= 15 is 4.39 Å². The third-order valence-corrected chi connectivity index (χ3v) is 7.02. The fourth-order valence-electron chi connectivity index (χ4n) is 4.97. The van der Waals surface area contributed by atoms with E-state index in [2.05, 4.69) is 32.7 Å². The van der Waals surface area contributed by atoms with Crippen molar-refractivity contribution in [1.29, 1.82) is 0 Å². The summed E-state index contributed by atoms with van der Waals surface area (Å²) in [7, 11) is 0. The fraction of sp³-hybridized carbons (Fsp3) is 0.385. The molecule has 2 N–H and O–H groups in total. The number of alkyl halides is 1. The van der Waals surface area contributed by atoms with Crippen molar-refractivity contribution in [3.8, 4) is 5.82 Å². The number of hydrogen-bond acceptors (Lipinski definition) is 6. The molecule has 1 saturated carbocycles. The summed E-state index contributed by atoms with van der Waals surface area (Å²) in [4.78, 5) is 27.1. The van der Waals surface area contributed by atoms with Crippen molar-refractivity contribution in [2.75, 3.05) is 11.9 Å². The van der Waals surface area contributed by atoms with Gasteiger partial charge in [-0.05, 0) is 81.5 Å². The highest BCUT2D eigenvalue weighted by Crippen LogP contribution is 2.44. The Kier molecular flexibility index (Phi) is 5.17. The molecule has 9 heteroatoms. The van der Waals surface area contributed by atoms with Crippen LogP contribution in [0.4, 0.5) is 16.0 Å². The zero-order chi connectivity index (χ0) is 24.2. The number of aromatic nitrogens is 5. The largest absolute Gasteiger partial charge is 0.324 e. The summed E-state index contributed by atoms with van der Waals surface area (Å²) in [5.74, 6) is 0.852. The second-order valence-electron chi connectivity index (χ2n) is 9.72. The lowest BCUT2D eigenvalue weighted by Gasteiger charge is -2.33. The highest BCUT2D eigenvalue weighted by Gasteiger charge is 2.40. The number of fused-ring (bicyclic) bond motifs is 2. The Labute approximate surface area is 202 Å². The molecule has 0 atom stereocenters. The number of hydrogen-bond donors (Lipinski definition) is 2. The van der Waals surface area contributed by atoms with E-state index in [4.69, 9.17) is 4.98 Å². The lowest BCUT2D eigenvalue weighted by Crippen LogP contribution is -2.31. The number of anilines is 2. The second kappa shape index (κ2) is 8.27. The molecule has 0 bridgehead atoms. The molecule has 4 aromatic rings. The van der Waals surface area contributed by atoms with E-state index in [1.807, 2.05) is 19.9 Å². The first kappa shape index (κ1) is 21.9. The number of benzene rings is 1. The Bertz CT molecular complexity index is 1490. The van der Waals surface area contributed by atoms with Gasteiger partial charge in [-0.1, -0.05) is 12.1 Å². The van der Waals surface area contributed by atoms with Crippen LogP contribution in [-0.2, 0) is 18.6 Å². The first-order valence-electron chi connectivity index (χ1n) is 12.2. The smallest absolute Gasteiger partial charge is 0.278 e. The summed E-state index contributed by atoms with van der Waals surface area (Å²) in [6, 6.07) is 11.4. The van der Waals surface area contributed by atoms with E-state index in [1.165, 1.54) is 11.1 Å². The van der Waals surface area contributed by atoms with Gasteiger partial charge in [-0.2, -0.15) is 4.98 Å². The molecule has 0 saturated heterocycles. The first-order valence-corrected chi connectivity index (χ1v) is 12.2. The van der Waals surface area contributed by atoms with Crippen LogP contribution in [0.3, 0.4) is 0 Å². The van der Waals surface area contributed by atoms with Crippen molar-refractivity contribution < 1.29 is 4.39 Å². The quantitative estimate of drug-likeness (QED) is 0.449. The number of nitrogens with one attached hydrogen (secondary N) is 2. The topological polar surface area (TPSA) is 89.7 Å². The van der Waals surface area contributed by atoms with E-state index in [0.717, 1.165) is 31.6 Å². The Morgan fingerprint density at radius 2 is 2.00 bits per heavy atom. The average molecular weight is 474 g/mol. The van der Waals surface area contributed by atoms with Gasteiger partial charge in [-0.3, -0.25) is 4.79 Å². The first-order chi connectivity index (χ1) is 16.9. The van der Waals surface area contributed by atoms with Gasteiger partial charge >= 0.3 is 0 Å². The van der Waals surface area contributed by atoms with Crippen molar-refractivity contribution in [2.24, 2.45) is 0 Å². The average Bonchev–Trinajstić information content (AvgIpc) is 3.14. The third-order valence-electron chi connectivity index (χ3n) is 7.02. The molecule has 0 spiro atoms. The summed E-state index contributed by atoms with van der Waals surface area (Å²) < 4.78 is 18.5. The van der Waals surface area contributed by atoms with Crippen LogP contribution in [-0.4, -0.2) is 30.9 Å². The molecule has 6 rings (SSSR count). The number of nitrogens with zero attached hydrogens (tertiary/aromatic N) is 5. The Balaban J connectivity index is 1.45. The minimum atomic E-state index is -1.40. The Hall–Kier alpha value is -3.59. The maximum atomic E-state index is 15.2. The molecule has 0 unspecified atom stereocenters. The Morgan fingerprint density at radius 3 is 2.77 bits per heavy atom. The van der Waals surface area contributed by atoms with Crippen LogP contribution in [0, 0.1) is 0 Å². The van der Waals surface area contributed by atoms with Gasteiger partial charge in [0.15, 0.2) is 17.1 Å².